The molecule has 0 fully saturated rings. The molecule has 0 aliphatic carbocycles. The molecule has 0 saturated carbocycles. The van der Waals surface area contributed by atoms with Crippen LogP contribution in [0.2, 0.25) is 0 Å². The highest BCUT2D eigenvalue weighted by molar-refractivity contribution is 5.99. The van der Waals surface area contributed by atoms with Crippen LogP contribution in [0.1, 0.15) is 52.1 Å². The highest BCUT2D eigenvalue weighted by atomic mass is 16.5. The first-order valence-electron chi connectivity index (χ1n) is 12.4. The number of rotatable bonds is 13. The van der Waals surface area contributed by atoms with Gasteiger partial charge in [0.25, 0.3) is 11.8 Å². The minimum atomic E-state index is -1.40. The van der Waals surface area contributed by atoms with E-state index in [2.05, 4.69) is 10.6 Å². The van der Waals surface area contributed by atoms with Crippen molar-refractivity contribution in [2.75, 3.05) is 27.3 Å². The Labute approximate surface area is 236 Å². The Hall–Kier alpha value is -5.20. The second-order valence-electron chi connectivity index (χ2n) is 8.98. The standard InChI is InChI=1S/C28H33N5O8/c1-5-40-24(35)14-21(32-26(36)17-6-8-18(9-7-17)27(37)33(3)4)15-41-23-13-20(25(29)30)11-10-19(23)12-22(28(38)39)31-16(2)34/h6-13,21H,5,14-15H2,1-4H3,(H3,29,30)(H,31,34)(H,32,36)(H,38,39)/t21-/m1/s1. The van der Waals surface area contributed by atoms with Gasteiger partial charge in [-0.05, 0) is 43.3 Å². The highest BCUT2D eigenvalue weighted by Crippen LogP contribution is 2.24. The van der Waals surface area contributed by atoms with E-state index >= 15 is 0 Å². The number of nitrogens with one attached hydrogen (secondary N) is 3. The zero-order valence-electron chi connectivity index (χ0n) is 23.1. The van der Waals surface area contributed by atoms with E-state index in [-0.39, 0.29) is 53.8 Å². The van der Waals surface area contributed by atoms with Crippen LogP contribution in [-0.4, -0.2) is 78.9 Å². The summed E-state index contributed by atoms with van der Waals surface area (Å²) in [5.41, 5.74) is 6.30. The van der Waals surface area contributed by atoms with Crippen LogP contribution < -0.4 is 21.1 Å². The van der Waals surface area contributed by atoms with Crippen molar-refractivity contribution in [1.82, 2.24) is 15.5 Å². The summed E-state index contributed by atoms with van der Waals surface area (Å²) in [5.74, 6) is -3.55. The van der Waals surface area contributed by atoms with Gasteiger partial charge in [0.1, 0.15) is 23.9 Å². The van der Waals surface area contributed by atoms with E-state index in [4.69, 9.17) is 20.6 Å². The first kappa shape index (κ1) is 32.0. The van der Waals surface area contributed by atoms with E-state index in [1.807, 2.05) is 0 Å². The van der Waals surface area contributed by atoms with Crippen molar-refractivity contribution in [3.8, 4) is 5.75 Å². The van der Waals surface area contributed by atoms with Crippen LogP contribution in [0.4, 0.5) is 0 Å². The number of carbonyl (C=O) groups excluding carboxylic acids is 4. The smallest absolute Gasteiger partial charge is 0.352 e. The van der Waals surface area contributed by atoms with Crippen LogP contribution in [0.3, 0.4) is 0 Å². The lowest BCUT2D eigenvalue weighted by atomic mass is 10.1. The summed E-state index contributed by atoms with van der Waals surface area (Å²) in [7, 11) is 3.22. The molecule has 0 bridgehead atoms. The molecule has 0 saturated heterocycles. The van der Waals surface area contributed by atoms with Crippen molar-refractivity contribution in [1.29, 1.82) is 5.41 Å². The number of esters is 1. The number of nitrogens with zero attached hydrogens (tertiary/aromatic N) is 1. The molecule has 2 aromatic carbocycles. The fourth-order valence-corrected chi connectivity index (χ4v) is 3.50. The van der Waals surface area contributed by atoms with Gasteiger partial charge < -0.3 is 35.8 Å². The van der Waals surface area contributed by atoms with Crippen LogP contribution >= 0.6 is 0 Å². The molecule has 0 aliphatic heterocycles. The lowest BCUT2D eigenvalue weighted by Crippen LogP contribution is -2.41. The van der Waals surface area contributed by atoms with Crippen LogP contribution in [0.25, 0.3) is 6.08 Å². The van der Waals surface area contributed by atoms with Gasteiger partial charge in [0.05, 0.1) is 19.1 Å². The maximum absolute atomic E-state index is 13.0. The molecule has 6 N–H and O–H groups in total. The van der Waals surface area contributed by atoms with Gasteiger partial charge in [-0.2, -0.15) is 0 Å². The third-order valence-corrected chi connectivity index (χ3v) is 5.46. The molecule has 41 heavy (non-hydrogen) atoms. The minimum absolute atomic E-state index is 0.0801. The molecule has 13 heteroatoms. The second kappa shape index (κ2) is 14.8. The summed E-state index contributed by atoms with van der Waals surface area (Å²) in [5, 5.41) is 22.1. The van der Waals surface area contributed by atoms with Gasteiger partial charge in [-0.1, -0.05) is 12.1 Å². The summed E-state index contributed by atoms with van der Waals surface area (Å²) >= 11 is 0. The summed E-state index contributed by atoms with van der Waals surface area (Å²) in [6.07, 6.45) is 0.916. The lowest BCUT2D eigenvalue weighted by molar-refractivity contribution is -0.143. The molecular formula is C28H33N5O8. The van der Waals surface area contributed by atoms with Gasteiger partial charge in [0, 0.05) is 43.3 Å². The van der Waals surface area contributed by atoms with E-state index in [0.717, 1.165) is 6.92 Å². The molecule has 0 unspecified atom stereocenters. The molecule has 0 aromatic heterocycles. The first-order chi connectivity index (χ1) is 19.3. The number of amidine groups is 1. The number of benzene rings is 2. The topological polar surface area (TPSA) is 201 Å². The number of nitrogens with two attached hydrogens (primary N) is 1. The molecule has 3 amide bonds. The van der Waals surface area contributed by atoms with E-state index in [1.54, 1.807) is 21.0 Å². The van der Waals surface area contributed by atoms with Gasteiger partial charge in [0.15, 0.2) is 0 Å². The molecule has 218 valence electrons. The van der Waals surface area contributed by atoms with Crippen molar-refractivity contribution in [3.05, 3.63) is 70.4 Å². The van der Waals surface area contributed by atoms with Crippen molar-refractivity contribution in [3.63, 3.8) is 0 Å². The molecule has 2 aromatic rings. The Morgan fingerprint density at radius 3 is 2.20 bits per heavy atom. The number of amides is 3. The predicted octanol–water partition coefficient (Wildman–Crippen LogP) is 1.36. The van der Waals surface area contributed by atoms with Gasteiger partial charge in [0.2, 0.25) is 5.91 Å². The fourth-order valence-electron chi connectivity index (χ4n) is 3.50. The van der Waals surface area contributed by atoms with E-state index < -0.39 is 35.5 Å². The molecule has 1 atom stereocenters. The number of hydrogen-bond acceptors (Lipinski definition) is 8. The van der Waals surface area contributed by atoms with Crippen LogP contribution in [0.5, 0.6) is 5.75 Å². The Bertz CT molecular complexity index is 1350. The Kier molecular flexibility index (Phi) is 11.6. The van der Waals surface area contributed by atoms with Gasteiger partial charge in [-0.25, -0.2) is 4.79 Å². The van der Waals surface area contributed by atoms with Gasteiger partial charge in [-0.15, -0.1) is 0 Å². The van der Waals surface area contributed by atoms with Gasteiger partial charge in [-0.3, -0.25) is 24.6 Å². The SMILES string of the molecule is CCOC(=O)C[C@H](COc1cc(C(=N)N)ccc1C=C(NC(C)=O)C(=O)O)NC(=O)c1ccc(C(=O)N(C)C)cc1. The number of carboxylic acids is 1. The normalized spacial score (nSPS) is 11.6. The Morgan fingerprint density at radius 2 is 1.66 bits per heavy atom. The number of nitrogen functional groups attached to an aromatic ring is 1. The number of carboxylic acid groups (broad SMARTS) is 1. The summed E-state index contributed by atoms with van der Waals surface area (Å²) in [6.45, 7) is 2.66. The number of ether oxygens (including phenoxy) is 2. The highest BCUT2D eigenvalue weighted by Gasteiger charge is 2.21. The molecule has 0 aliphatic rings. The predicted molar refractivity (Wildman–Crippen MR) is 149 cm³/mol. The average Bonchev–Trinajstić information content (AvgIpc) is 2.91. The Morgan fingerprint density at radius 1 is 1.05 bits per heavy atom. The van der Waals surface area contributed by atoms with Crippen LogP contribution in [0.15, 0.2) is 48.2 Å². The number of hydrogen-bond donors (Lipinski definition) is 5. The molecule has 0 heterocycles. The Balaban J connectivity index is 2.35. The summed E-state index contributed by atoms with van der Waals surface area (Å²) in [4.78, 5) is 61.9. The number of carbonyl (C=O) groups is 5. The zero-order chi connectivity index (χ0) is 30.7. The van der Waals surface area contributed by atoms with E-state index in [9.17, 15) is 29.1 Å². The van der Waals surface area contributed by atoms with Gasteiger partial charge >= 0.3 is 11.9 Å². The van der Waals surface area contributed by atoms with Crippen molar-refractivity contribution in [2.24, 2.45) is 5.73 Å². The second-order valence-corrected chi connectivity index (χ2v) is 8.98. The maximum atomic E-state index is 13.0. The fraction of sp³-hybridized carbons (Fsp3) is 0.286. The molecule has 2 rings (SSSR count). The van der Waals surface area contributed by atoms with Crippen molar-refractivity contribution in [2.45, 2.75) is 26.3 Å². The monoisotopic (exact) mass is 567 g/mol. The van der Waals surface area contributed by atoms with Crippen LogP contribution in [0, 0.1) is 5.41 Å². The summed E-state index contributed by atoms with van der Waals surface area (Å²) in [6, 6.07) is 9.39. The first-order valence-corrected chi connectivity index (χ1v) is 12.4. The van der Waals surface area contributed by atoms with Crippen molar-refractivity contribution < 1.29 is 38.6 Å². The molecule has 0 radical (unpaired) electrons. The molecular weight excluding hydrogens is 534 g/mol. The maximum Gasteiger partial charge on any atom is 0.352 e. The molecule has 0 spiro atoms. The van der Waals surface area contributed by atoms with E-state index in [1.165, 1.54) is 53.4 Å². The molecule has 13 nitrogen and oxygen atoms in total. The lowest BCUT2D eigenvalue weighted by Gasteiger charge is -2.20. The third-order valence-electron chi connectivity index (χ3n) is 5.46. The minimum Gasteiger partial charge on any atom is -0.491 e. The summed E-state index contributed by atoms with van der Waals surface area (Å²) < 4.78 is 10.9. The van der Waals surface area contributed by atoms with Crippen molar-refractivity contribution >= 4 is 41.6 Å². The zero-order valence-corrected chi connectivity index (χ0v) is 23.1. The van der Waals surface area contributed by atoms with Crippen LogP contribution in [-0.2, 0) is 19.1 Å². The third kappa shape index (κ3) is 9.80. The number of aliphatic carboxylic acids is 1. The largest absolute Gasteiger partial charge is 0.491 e. The van der Waals surface area contributed by atoms with E-state index in [0.29, 0.717) is 5.56 Å². The average molecular weight is 568 g/mol. The quantitative estimate of drug-likeness (QED) is 0.103.